The topological polar surface area (TPSA) is 75.7 Å². The normalized spacial score (nSPS) is 19.0. The van der Waals surface area contributed by atoms with Crippen LogP contribution in [-0.2, 0) is 14.8 Å². The second-order valence-electron chi connectivity index (χ2n) is 5.13. The molecule has 0 aliphatic carbocycles. The van der Waals surface area contributed by atoms with E-state index in [-0.39, 0.29) is 33.9 Å². The van der Waals surface area contributed by atoms with Crippen LogP contribution in [-0.4, -0.2) is 52.0 Å². The van der Waals surface area contributed by atoms with Crippen molar-refractivity contribution < 1.29 is 17.9 Å². The van der Waals surface area contributed by atoms with Gasteiger partial charge in [0.1, 0.15) is 4.90 Å². The van der Waals surface area contributed by atoms with E-state index in [1.54, 1.807) is 0 Å². The molecule has 130 valence electrons. The average molecular weight is 383 g/mol. The molecule has 2 rings (SSSR count). The van der Waals surface area contributed by atoms with Crippen molar-refractivity contribution in [3.63, 3.8) is 0 Å². The summed E-state index contributed by atoms with van der Waals surface area (Å²) in [6.07, 6.45) is 1.74. The van der Waals surface area contributed by atoms with E-state index in [0.29, 0.717) is 13.1 Å². The first-order chi connectivity index (χ1) is 10.4. The van der Waals surface area contributed by atoms with Crippen LogP contribution in [0.4, 0.5) is 0 Å². The van der Waals surface area contributed by atoms with E-state index >= 15 is 0 Å². The fraction of sp³-hybridized carbons (Fsp3) is 0.500. The number of nitrogens with zero attached hydrogens (tertiary/aromatic N) is 1. The van der Waals surface area contributed by atoms with Crippen LogP contribution in [0.25, 0.3) is 0 Å². The quantitative estimate of drug-likeness (QED) is 0.805. The predicted octanol–water partition coefficient (Wildman–Crippen LogP) is 1.92. The Bertz CT molecular complexity index is 667. The predicted molar refractivity (Wildman–Crippen MR) is 90.9 cm³/mol. The summed E-state index contributed by atoms with van der Waals surface area (Å²) >= 11 is 6.08. The molecule has 23 heavy (non-hydrogen) atoms. The molecule has 0 spiro atoms. The number of halogens is 2. The summed E-state index contributed by atoms with van der Waals surface area (Å²) < 4.78 is 31.5. The number of esters is 1. The second-order valence-corrected chi connectivity index (χ2v) is 7.44. The molecule has 1 saturated heterocycles. The van der Waals surface area contributed by atoms with Gasteiger partial charge in [-0.05, 0) is 38.1 Å². The first-order valence-corrected chi connectivity index (χ1v) is 8.77. The van der Waals surface area contributed by atoms with Crippen LogP contribution in [0.2, 0.25) is 5.02 Å². The molecule has 0 bridgehead atoms. The van der Waals surface area contributed by atoms with Crippen molar-refractivity contribution in [1.82, 2.24) is 9.62 Å². The molecule has 1 unspecified atom stereocenters. The molecule has 6 nitrogen and oxygen atoms in total. The third-order valence-electron chi connectivity index (χ3n) is 3.76. The van der Waals surface area contributed by atoms with Gasteiger partial charge in [0.05, 0.1) is 17.7 Å². The molecule has 1 fully saturated rings. The molecule has 0 radical (unpaired) electrons. The number of carbonyl (C=O) groups excluding carboxylic acids is 1. The summed E-state index contributed by atoms with van der Waals surface area (Å²) in [6.45, 7) is 0.878. The average Bonchev–Trinajstić information content (AvgIpc) is 2.53. The summed E-state index contributed by atoms with van der Waals surface area (Å²) in [7, 11) is -0.601. The third-order valence-corrected chi connectivity index (χ3v) is 6.11. The monoisotopic (exact) mass is 382 g/mol. The molecule has 1 atom stereocenters. The van der Waals surface area contributed by atoms with Gasteiger partial charge in [0.15, 0.2) is 0 Å². The molecular formula is C14H20Cl2N2O4S. The highest BCUT2D eigenvalue weighted by Crippen LogP contribution is 2.28. The van der Waals surface area contributed by atoms with Gasteiger partial charge in [-0.3, -0.25) is 0 Å². The van der Waals surface area contributed by atoms with E-state index in [1.807, 2.05) is 7.05 Å². The molecule has 0 amide bonds. The summed E-state index contributed by atoms with van der Waals surface area (Å²) in [4.78, 5) is 11.5. The number of hydrogen-bond donors (Lipinski definition) is 1. The number of sulfonamides is 1. The van der Waals surface area contributed by atoms with Crippen LogP contribution >= 0.6 is 24.0 Å². The van der Waals surface area contributed by atoms with Crippen molar-refractivity contribution in [2.75, 3.05) is 27.2 Å². The van der Waals surface area contributed by atoms with E-state index in [0.717, 1.165) is 12.8 Å². The van der Waals surface area contributed by atoms with Crippen molar-refractivity contribution in [2.24, 2.45) is 0 Å². The molecular weight excluding hydrogens is 363 g/mol. The van der Waals surface area contributed by atoms with Crippen LogP contribution < -0.4 is 5.32 Å². The maximum absolute atomic E-state index is 12.7. The Labute approximate surface area is 147 Å². The Morgan fingerprint density at radius 2 is 2.13 bits per heavy atom. The van der Waals surface area contributed by atoms with Crippen molar-refractivity contribution in [3.8, 4) is 0 Å². The Morgan fingerprint density at radius 1 is 1.43 bits per heavy atom. The summed E-state index contributed by atoms with van der Waals surface area (Å²) in [5.74, 6) is -0.556. The van der Waals surface area contributed by atoms with Gasteiger partial charge in [-0.1, -0.05) is 11.6 Å². The number of methoxy groups -OCH3 is 1. The molecule has 1 aliphatic rings. The van der Waals surface area contributed by atoms with Gasteiger partial charge >= 0.3 is 5.97 Å². The van der Waals surface area contributed by atoms with E-state index in [4.69, 9.17) is 11.6 Å². The maximum atomic E-state index is 12.7. The molecule has 1 N–H and O–H groups in total. The number of ether oxygens (including phenoxy) is 1. The molecule has 0 aromatic heterocycles. The zero-order valence-corrected chi connectivity index (χ0v) is 15.3. The zero-order chi connectivity index (χ0) is 16.3. The first-order valence-electron chi connectivity index (χ1n) is 6.95. The van der Waals surface area contributed by atoms with Gasteiger partial charge in [0, 0.05) is 19.1 Å². The van der Waals surface area contributed by atoms with Crippen LogP contribution in [0.3, 0.4) is 0 Å². The summed E-state index contributed by atoms with van der Waals surface area (Å²) in [5, 5.41) is 3.13. The SMILES string of the molecule is CNC1CCCN(S(=O)(=O)c2ccc(C(=O)OC)cc2Cl)C1.Cl. The van der Waals surface area contributed by atoms with Gasteiger partial charge in [-0.25, -0.2) is 13.2 Å². The Morgan fingerprint density at radius 3 is 2.70 bits per heavy atom. The highest BCUT2D eigenvalue weighted by Gasteiger charge is 2.31. The lowest BCUT2D eigenvalue weighted by molar-refractivity contribution is 0.0600. The zero-order valence-electron chi connectivity index (χ0n) is 12.9. The molecule has 9 heteroatoms. The molecule has 1 heterocycles. The largest absolute Gasteiger partial charge is 0.465 e. The molecule has 1 aliphatic heterocycles. The lowest BCUT2D eigenvalue weighted by Gasteiger charge is -2.31. The van der Waals surface area contributed by atoms with Crippen molar-refractivity contribution in [1.29, 1.82) is 0 Å². The highest BCUT2D eigenvalue weighted by molar-refractivity contribution is 7.89. The minimum atomic E-state index is -3.68. The molecule has 1 aromatic rings. The van der Waals surface area contributed by atoms with Crippen molar-refractivity contribution >= 4 is 40.0 Å². The van der Waals surface area contributed by atoms with Crippen molar-refractivity contribution in [3.05, 3.63) is 28.8 Å². The number of piperidine rings is 1. The van der Waals surface area contributed by atoms with Crippen molar-refractivity contribution in [2.45, 2.75) is 23.8 Å². The van der Waals surface area contributed by atoms with Gasteiger partial charge < -0.3 is 10.1 Å². The lowest BCUT2D eigenvalue weighted by Crippen LogP contribution is -2.46. The number of carbonyl (C=O) groups is 1. The second kappa shape index (κ2) is 8.30. The minimum Gasteiger partial charge on any atom is -0.465 e. The Hall–Kier alpha value is -0.860. The van der Waals surface area contributed by atoms with Gasteiger partial charge in [0.25, 0.3) is 0 Å². The fourth-order valence-electron chi connectivity index (χ4n) is 2.49. The molecule has 1 aromatic carbocycles. The minimum absolute atomic E-state index is 0. The summed E-state index contributed by atoms with van der Waals surface area (Å²) in [6, 6.07) is 4.22. The van der Waals surface area contributed by atoms with Crippen LogP contribution in [0.5, 0.6) is 0 Å². The molecule has 0 saturated carbocycles. The number of nitrogens with one attached hydrogen (secondary N) is 1. The van der Waals surface area contributed by atoms with E-state index in [2.05, 4.69) is 10.1 Å². The summed E-state index contributed by atoms with van der Waals surface area (Å²) in [5.41, 5.74) is 0.221. The van der Waals surface area contributed by atoms with E-state index in [1.165, 1.54) is 29.6 Å². The van der Waals surface area contributed by atoms with Gasteiger partial charge in [-0.2, -0.15) is 4.31 Å². The van der Waals surface area contributed by atoms with Crippen LogP contribution in [0.15, 0.2) is 23.1 Å². The Kier molecular flexibility index (Phi) is 7.29. The van der Waals surface area contributed by atoms with E-state index in [9.17, 15) is 13.2 Å². The van der Waals surface area contributed by atoms with Crippen LogP contribution in [0.1, 0.15) is 23.2 Å². The third kappa shape index (κ3) is 4.36. The van der Waals surface area contributed by atoms with Crippen LogP contribution in [0, 0.1) is 0 Å². The smallest absolute Gasteiger partial charge is 0.337 e. The van der Waals surface area contributed by atoms with Gasteiger partial charge in [0.2, 0.25) is 10.0 Å². The van der Waals surface area contributed by atoms with E-state index < -0.39 is 16.0 Å². The Balaban J connectivity index is 0.00000264. The number of hydrogen-bond acceptors (Lipinski definition) is 5. The first kappa shape index (κ1) is 20.2. The lowest BCUT2D eigenvalue weighted by atomic mass is 10.1. The maximum Gasteiger partial charge on any atom is 0.337 e. The number of likely N-dealkylation sites (N-methyl/N-ethyl adjacent to an activating group) is 1. The number of rotatable bonds is 4. The number of benzene rings is 1. The standard InChI is InChI=1S/C14H19ClN2O4S.ClH/c1-16-11-4-3-7-17(9-11)22(19,20)13-6-5-10(8-12(13)15)14(18)21-2;/h5-6,8,11,16H,3-4,7,9H2,1-2H3;1H. The van der Waals surface area contributed by atoms with Gasteiger partial charge in [-0.15, -0.1) is 12.4 Å². The highest BCUT2D eigenvalue weighted by atomic mass is 35.5. The fourth-order valence-corrected chi connectivity index (χ4v) is 4.53.